The molecule has 3 rings (SSSR count). The molecule has 150 valence electrons. The van der Waals surface area contributed by atoms with Gasteiger partial charge in [0.1, 0.15) is 0 Å². The number of fused-ring (bicyclic) bond motifs is 1. The van der Waals surface area contributed by atoms with Crippen molar-refractivity contribution in [2.75, 3.05) is 26.6 Å². The molecule has 1 aromatic carbocycles. The molecule has 1 fully saturated rings. The Morgan fingerprint density at radius 3 is 2.59 bits per heavy atom. The quantitative estimate of drug-likeness (QED) is 0.619. The molecule has 0 saturated carbocycles. The normalized spacial score (nSPS) is 17.7. The number of rotatable bonds is 10. The van der Waals surface area contributed by atoms with Crippen LogP contribution in [-0.2, 0) is 14.9 Å². The molecular weight excluding hydrogens is 342 g/mol. The van der Waals surface area contributed by atoms with Gasteiger partial charge < -0.3 is 19.5 Å². The van der Waals surface area contributed by atoms with Crippen LogP contribution in [0.15, 0.2) is 18.2 Å². The van der Waals surface area contributed by atoms with Crippen molar-refractivity contribution in [3.05, 3.63) is 23.8 Å². The number of unbranched alkanes of at least 4 members (excludes halogenated alkanes) is 5. The number of carbonyl (C=O) groups is 1. The predicted molar refractivity (Wildman–Crippen MR) is 105 cm³/mol. The summed E-state index contributed by atoms with van der Waals surface area (Å²) in [5, 5.41) is 3.19. The number of ether oxygens (including phenoxy) is 3. The second-order valence-electron chi connectivity index (χ2n) is 7.76. The van der Waals surface area contributed by atoms with Crippen molar-refractivity contribution in [1.82, 2.24) is 5.32 Å². The summed E-state index contributed by atoms with van der Waals surface area (Å²) in [5.74, 6) is 1.77. The first-order valence-corrected chi connectivity index (χ1v) is 10.5. The van der Waals surface area contributed by atoms with E-state index in [0.29, 0.717) is 13.0 Å². The summed E-state index contributed by atoms with van der Waals surface area (Å²) in [6.45, 7) is 4.61. The second-order valence-corrected chi connectivity index (χ2v) is 7.76. The zero-order chi connectivity index (χ0) is 19.0. The van der Waals surface area contributed by atoms with Crippen molar-refractivity contribution < 1.29 is 19.0 Å². The third kappa shape index (κ3) is 5.38. The van der Waals surface area contributed by atoms with Gasteiger partial charge in [0.05, 0.1) is 0 Å². The van der Waals surface area contributed by atoms with Gasteiger partial charge in [-0.1, -0.05) is 45.1 Å². The highest BCUT2D eigenvalue weighted by Crippen LogP contribution is 2.40. The maximum Gasteiger partial charge on any atom is 0.231 e. The summed E-state index contributed by atoms with van der Waals surface area (Å²) < 4.78 is 16.6. The van der Waals surface area contributed by atoms with Gasteiger partial charge >= 0.3 is 0 Å². The molecule has 27 heavy (non-hydrogen) atoms. The highest BCUT2D eigenvalue weighted by Gasteiger charge is 2.36. The minimum Gasteiger partial charge on any atom is -0.454 e. The van der Waals surface area contributed by atoms with Crippen molar-refractivity contribution >= 4 is 5.91 Å². The number of carbonyl (C=O) groups excluding carboxylic acids is 1. The van der Waals surface area contributed by atoms with Gasteiger partial charge in [0.25, 0.3) is 0 Å². The summed E-state index contributed by atoms with van der Waals surface area (Å²) in [7, 11) is 0. The number of nitrogens with one attached hydrogen (secondary N) is 1. The third-order valence-corrected chi connectivity index (χ3v) is 5.82. The molecule has 0 spiro atoms. The topological polar surface area (TPSA) is 56.8 Å². The van der Waals surface area contributed by atoms with Gasteiger partial charge in [-0.05, 0) is 37.0 Å². The maximum atomic E-state index is 12.3. The first-order chi connectivity index (χ1) is 13.2. The van der Waals surface area contributed by atoms with Crippen LogP contribution in [0.4, 0.5) is 0 Å². The number of benzene rings is 1. The van der Waals surface area contributed by atoms with E-state index in [0.717, 1.165) is 50.4 Å². The highest BCUT2D eigenvalue weighted by molar-refractivity contribution is 5.76. The average Bonchev–Trinajstić information content (AvgIpc) is 3.18. The van der Waals surface area contributed by atoms with Gasteiger partial charge in [-0.25, -0.2) is 0 Å². The minimum atomic E-state index is -0.0873. The van der Waals surface area contributed by atoms with Gasteiger partial charge in [0, 0.05) is 31.6 Å². The zero-order valence-electron chi connectivity index (χ0n) is 16.6. The Balaban J connectivity index is 1.53. The van der Waals surface area contributed by atoms with Gasteiger partial charge in [-0.2, -0.15) is 0 Å². The van der Waals surface area contributed by atoms with E-state index < -0.39 is 0 Å². The molecule has 0 aliphatic carbocycles. The average molecular weight is 376 g/mol. The summed E-state index contributed by atoms with van der Waals surface area (Å²) in [5.41, 5.74) is 1.12. The van der Waals surface area contributed by atoms with E-state index in [1.54, 1.807) is 0 Å². The maximum absolute atomic E-state index is 12.3. The fraction of sp³-hybridized carbons (Fsp3) is 0.682. The molecule has 1 amide bonds. The lowest BCUT2D eigenvalue weighted by molar-refractivity contribution is -0.121. The lowest BCUT2D eigenvalue weighted by Crippen LogP contribution is -2.44. The fourth-order valence-electron chi connectivity index (χ4n) is 3.98. The molecule has 5 heteroatoms. The van der Waals surface area contributed by atoms with E-state index in [-0.39, 0.29) is 18.1 Å². The summed E-state index contributed by atoms with van der Waals surface area (Å²) in [4.78, 5) is 12.3. The standard InChI is InChI=1S/C22H33NO4/c1-2-3-4-5-6-7-8-21(24)23-16-22(11-13-25-14-12-22)18-9-10-19-20(15-18)27-17-26-19/h9-10,15H,2-8,11-14,16-17H2,1H3,(H,23,24). The number of amides is 1. The van der Waals surface area contributed by atoms with Crippen molar-refractivity contribution in [1.29, 1.82) is 0 Å². The van der Waals surface area contributed by atoms with Crippen molar-refractivity contribution in [3.63, 3.8) is 0 Å². The van der Waals surface area contributed by atoms with Crippen LogP contribution in [0.3, 0.4) is 0 Å². The van der Waals surface area contributed by atoms with Crippen molar-refractivity contribution in [2.45, 2.75) is 70.1 Å². The summed E-state index contributed by atoms with van der Waals surface area (Å²) in [6, 6.07) is 6.17. The third-order valence-electron chi connectivity index (χ3n) is 5.82. The van der Waals surface area contributed by atoms with Crippen LogP contribution in [0.5, 0.6) is 11.5 Å². The molecule has 0 aromatic heterocycles. The molecular formula is C22H33NO4. The zero-order valence-corrected chi connectivity index (χ0v) is 16.6. The van der Waals surface area contributed by atoms with E-state index in [4.69, 9.17) is 14.2 Å². The summed E-state index contributed by atoms with van der Waals surface area (Å²) in [6.07, 6.45) is 9.64. The van der Waals surface area contributed by atoms with Gasteiger partial charge in [-0.3, -0.25) is 4.79 Å². The monoisotopic (exact) mass is 375 g/mol. The van der Waals surface area contributed by atoms with Crippen LogP contribution >= 0.6 is 0 Å². The Morgan fingerprint density at radius 1 is 1.04 bits per heavy atom. The lowest BCUT2D eigenvalue weighted by Gasteiger charge is -2.38. The minimum absolute atomic E-state index is 0.0873. The van der Waals surface area contributed by atoms with Gasteiger partial charge in [0.15, 0.2) is 11.5 Å². The Hall–Kier alpha value is -1.75. The molecule has 0 bridgehead atoms. The first kappa shape index (κ1) is 20.0. The number of hydrogen-bond donors (Lipinski definition) is 1. The Kier molecular flexibility index (Phi) is 7.39. The van der Waals surface area contributed by atoms with E-state index in [2.05, 4.69) is 24.4 Å². The van der Waals surface area contributed by atoms with Gasteiger partial charge in [-0.15, -0.1) is 0 Å². The van der Waals surface area contributed by atoms with Crippen LogP contribution in [0.2, 0.25) is 0 Å². The number of hydrogen-bond acceptors (Lipinski definition) is 4. The Bertz CT molecular complexity index is 610. The highest BCUT2D eigenvalue weighted by atomic mass is 16.7. The molecule has 1 aromatic rings. The summed E-state index contributed by atoms with van der Waals surface area (Å²) >= 11 is 0. The van der Waals surface area contributed by atoms with Crippen LogP contribution < -0.4 is 14.8 Å². The van der Waals surface area contributed by atoms with E-state index in [1.165, 1.54) is 31.2 Å². The first-order valence-electron chi connectivity index (χ1n) is 10.5. The predicted octanol–water partition coefficient (Wildman–Crippen LogP) is 4.33. The van der Waals surface area contributed by atoms with Crippen LogP contribution in [-0.4, -0.2) is 32.5 Å². The van der Waals surface area contributed by atoms with Crippen molar-refractivity contribution in [2.24, 2.45) is 0 Å². The van der Waals surface area contributed by atoms with Crippen molar-refractivity contribution in [3.8, 4) is 11.5 Å². The molecule has 0 unspecified atom stereocenters. The molecule has 5 nitrogen and oxygen atoms in total. The van der Waals surface area contributed by atoms with Crippen LogP contribution in [0.25, 0.3) is 0 Å². The Morgan fingerprint density at radius 2 is 1.78 bits per heavy atom. The lowest BCUT2D eigenvalue weighted by atomic mass is 9.74. The van der Waals surface area contributed by atoms with Crippen LogP contribution in [0.1, 0.15) is 70.3 Å². The fourth-order valence-corrected chi connectivity index (χ4v) is 3.98. The van der Waals surface area contributed by atoms with E-state index >= 15 is 0 Å². The Labute approximate surface area is 162 Å². The molecule has 0 atom stereocenters. The molecule has 2 aliphatic heterocycles. The van der Waals surface area contributed by atoms with E-state index in [1.807, 2.05) is 6.07 Å². The second kappa shape index (κ2) is 9.98. The van der Waals surface area contributed by atoms with Gasteiger partial charge in [0.2, 0.25) is 12.7 Å². The molecule has 2 heterocycles. The molecule has 1 saturated heterocycles. The molecule has 1 N–H and O–H groups in total. The van der Waals surface area contributed by atoms with E-state index in [9.17, 15) is 4.79 Å². The molecule has 2 aliphatic rings. The molecule has 0 radical (unpaired) electrons. The SMILES string of the molecule is CCCCCCCCC(=O)NCC1(c2ccc3c(c2)OCO3)CCOCC1. The smallest absolute Gasteiger partial charge is 0.231 e. The van der Waals surface area contributed by atoms with Crippen LogP contribution in [0, 0.1) is 0 Å². The largest absolute Gasteiger partial charge is 0.454 e.